The molecule has 2 atom stereocenters. The lowest BCUT2D eigenvalue weighted by molar-refractivity contribution is 0.176. The number of aliphatic hydroxyl groups is 1. The summed E-state index contributed by atoms with van der Waals surface area (Å²) < 4.78 is 24.1. The molecule has 0 saturated carbocycles. The highest BCUT2D eigenvalue weighted by molar-refractivity contribution is 9.10. The zero-order chi connectivity index (χ0) is 12.3. The Labute approximate surface area is 105 Å². The zero-order valence-electron chi connectivity index (χ0n) is 9.22. The second-order valence-corrected chi connectivity index (χ2v) is 7.22. The summed E-state index contributed by atoms with van der Waals surface area (Å²) in [7, 11) is -3.22. The van der Waals surface area contributed by atoms with Gasteiger partial charge in [0, 0.05) is 10.2 Å². The maximum Gasteiger partial charge on any atom is 0.155 e. The molecular weight excluding hydrogens is 292 g/mol. The van der Waals surface area contributed by atoms with Gasteiger partial charge in [-0.05, 0) is 24.6 Å². The minimum atomic E-state index is -3.22. The van der Waals surface area contributed by atoms with Crippen LogP contribution in [-0.4, -0.2) is 24.5 Å². The molecule has 1 aromatic carbocycles. The van der Waals surface area contributed by atoms with E-state index in [1.165, 1.54) is 6.92 Å². The minimum Gasteiger partial charge on any atom is -0.387 e. The molecule has 0 aliphatic rings. The van der Waals surface area contributed by atoms with Crippen molar-refractivity contribution in [1.29, 1.82) is 0 Å². The van der Waals surface area contributed by atoms with Gasteiger partial charge in [-0.25, -0.2) is 8.42 Å². The quantitative estimate of drug-likeness (QED) is 0.928. The van der Waals surface area contributed by atoms with Crippen molar-refractivity contribution >= 4 is 25.8 Å². The van der Waals surface area contributed by atoms with Gasteiger partial charge in [-0.1, -0.05) is 35.0 Å². The van der Waals surface area contributed by atoms with Crippen molar-refractivity contribution in [2.45, 2.75) is 25.2 Å². The molecule has 1 rings (SSSR count). The summed E-state index contributed by atoms with van der Waals surface area (Å²) in [6.07, 6.45) is -0.974. The van der Waals surface area contributed by atoms with E-state index < -0.39 is 21.2 Å². The molecule has 3 nitrogen and oxygen atoms in total. The number of aliphatic hydroxyl groups excluding tert-OH is 1. The normalized spacial score (nSPS) is 15.8. The largest absolute Gasteiger partial charge is 0.387 e. The van der Waals surface area contributed by atoms with Gasteiger partial charge < -0.3 is 5.11 Å². The highest BCUT2D eigenvalue weighted by Crippen LogP contribution is 2.23. The number of hydrogen-bond acceptors (Lipinski definition) is 3. The molecule has 0 amide bonds. The highest BCUT2D eigenvalue weighted by Gasteiger charge is 2.27. The zero-order valence-corrected chi connectivity index (χ0v) is 11.6. The third-order valence-electron chi connectivity index (χ3n) is 2.62. The van der Waals surface area contributed by atoms with Crippen LogP contribution in [-0.2, 0) is 9.84 Å². The predicted molar refractivity (Wildman–Crippen MR) is 68.0 cm³/mol. The van der Waals surface area contributed by atoms with Crippen LogP contribution < -0.4 is 0 Å². The Balaban J connectivity index is 2.94. The highest BCUT2D eigenvalue weighted by atomic mass is 79.9. The maximum atomic E-state index is 11.6. The molecule has 1 aromatic rings. The molecular formula is C11H15BrO3S. The van der Waals surface area contributed by atoms with Crippen LogP contribution in [0.5, 0.6) is 0 Å². The van der Waals surface area contributed by atoms with Crippen molar-refractivity contribution in [1.82, 2.24) is 0 Å². The van der Waals surface area contributed by atoms with Crippen molar-refractivity contribution in [2.24, 2.45) is 0 Å². The van der Waals surface area contributed by atoms with E-state index in [-0.39, 0.29) is 5.75 Å². The summed E-state index contributed by atoms with van der Waals surface area (Å²) in [5.41, 5.74) is 0.618. The second kappa shape index (κ2) is 5.29. The molecule has 0 spiro atoms. The van der Waals surface area contributed by atoms with Crippen LogP contribution in [0.1, 0.15) is 25.5 Å². The molecule has 0 fully saturated rings. The summed E-state index contributed by atoms with van der Waals surface area (Å²) in [4.78, 5) is 0. The van der Waals surface area contributed by atoms with E-state index in [0.717, 1.165) is 4.47 Å². The van der Waals surface area contributed by atoms with E-state index in [1.807, 2.05) is 0 Å². The monoisotopic (exact) mass is 306 g/mol. The molecule has 0 bridgehead atoms. The van der Waals surface area contributed by atoms with Crippen molar-refractivity contribution in [3.8, 4) is 0 Å². The van der Waals surface area contributed by atoms with Gasteiger partial charge in [-0.15, -0.1) is 0 Å². The number of halogens is 1. The summed E-state index contributed by atoms with van der Waals surface area (Å²) in [5.74, 6) is 0.0434. The van der Waals surface area contributed by atoms with Gasteiger partial charge in [0.2, 0.25) is 0 Å². The third-order valence-corrected chi connectivity index (χ3v) is 5.35. The molecule has 16 heavy (non-hydrogen) atoms. The van der Waals surface area contributed by atoms with Crippen molar-refractivity contribution < 1.29 is 13.5 Å². The van der Waals surface area contributed by atoms with E-state index in [0.29, 0.717) is 5.56 Å². The third kappa shape index (κ3) is 3.06. The molecule has 0 aliphatic heterocycles. The van der Waals surface area contributed by atoms with Gasteiger partial charge in [0.1, 0.15) is 0 Å². The van der Waals surface area contributed by atoms with Crippen molar-refractivity contribution in [3.63, 3.8) is 0 Å². The molecule has 1 N–H and O–H groups in total. The van der Waals surface area contributed by atoms with Gasteiger partial charge in [-0.2, -0.15) is 0 Å². The van der Waals surface area contributed by atoms with E-state index in [1.54, 1.807) is 31.2 Å². The SMILES string of the molecule is CCS(=O)(=O)[C@H](C)[C@@H](O)c1ccc(Br)cc1. The molecule has 0 unspecified atom stereocenters. The fourth-order valence-electron chi connectivity index (χ4n) is 1.39. The van der Waals surface area contributed by atoms with Crippen LogP contribution in [0.2, 0.25) is 0 Å². The first-order chi connectivity index (χ1) is 7.38. The Hall–Kier alpha value is -0.390. The summed E-state index contributed by atoms with van der Waals surface area (Å²) >= 11 is 3.28. The minimum absolute atomic E-state index is 0.0434. The fourth-order valence-corrected chi connectivity index (χ4v) is 2.73. The molecule has 0 aromatic heterocycles. The first kappa shape index (κ1) is 13.7. The number of hydrogen-bond donors (Lipinski definition) is 1. The lowest BCUT2D eigenvalue weighted by Crippen LogP contribution is -2.26. The molecule has 0 heterocycles. The molecule has 0 radical (unpaired) electrons. The van der Waals surface area contributed by atoms with E-state index >= 15 is 0 Å². The van der Waals surface area contributed by atoms with Crippen LogP contribution in [0.3, 0.4) is 0 Å². The predicted octanol–water partition coefficient (Wildman–Crippen LogP) is 2.31. The molecule has 0 saturated heterocycles. The lowest BCUT2D eigenvalue weighted by atomic mass is 10.1. The van der Waals surface area contributed by atoms with Crippen LogP contribution in [0, 0.1) is 0 Å². The summed E-state index contributed by atoms with van der Waals surface area (Å²) in [5, 5.41) is 9.17. The second-order valence-electron chi connectivity index (χ2n) is 3.65. The van der Waals surface area contributed by atoms with Crippen LogP contribution in [0.15, 0.2) is 28.7 Å². The first-order valence-corrected chi connectivity index (χ1v) is 7.54. The average Bonchev–Trinajstić information content (AvgIpc) is 2.28. The van der Waals surface area contributed by atoms with Crippen LogP contribution in [0.25, 0.3) is 0 Å². The molecule has 5 heteroatoms. The van der Waals surface area contributed by atoms with Crippen molar-refractivity contribution in [3.05, 3.63) is 34.3 Å². The Morgan fingerprint density at radius 2 is 1.81 bits per heavy atom. The number of sulfone groups is 1. The first-order valence-electron chi connectivity index (χ1n) is 5.03. The van der Waals surface area contributed by atoms with E-state index in [4.69, 9.17) is 0 Å². The van der Waals surface area contributed by atoms with E-state index in [2.05, 4.69) is 15.9 Å². The molecule has 0 aliphatic carbocycles. The van der Waals surface area contributed by atoms with Gasteiger partial charge in [-0.3, -0.25) is 0 Å². The fraction of sp³-hybridized carbons (Fsp3) is 0.455. The Morgan fingerprint density at radius 3 is 2.25 bits per heavy atom. The Morgan fingerprint density at radius 1 is 1.31 bits per heavy atom. The maximum absolute atomic E-state index is 11.6. The lowest BCUT2D eigenvalue weighted by Gasteiger charge is -2.18. The number of rotatable bonds is 4. The summed E-state index contributed by atoms with van der Waals surface area (Å²) in [6.45, 7) is 3.12. The smallest absolute Gasteiger partial charge is 0.155 e. The van der Waals surface area contributed by atoms with Gasteiger partial charge >= 0.3 is 0 Å². The Kier molecular flexibility index (Phi) is 4.52. The van der Waals surface area contributed by atoms with Gasteiger partial charge in [0.15, 0.2) is 9.84 Å². The topological polar surface area (TPSA) is 54.4 Å². The van der Waals surface area contributed by atoms with Gasteiger partial charge in [0.05, 0.1) is 11.4 Å². The van der Waals surface area contributed by atoms with Crippen molar-refractivity contribution in [2.75, 3.05) is 5.75 Å². The Bertz CT molecular complexity index is 439. The van der Waals surface area contributed by atoms with Crippen LogP contribution in [0.4, 0.5) is 0 Å². The van der Waals surface area contributed by atoms with Gasteiger partial charge in [0.25, 0.3) is 0 Å². The summed E-state index contributed by atoms with van der Waals surface area (Å²) in [6, 6.07) is 7.00. The number of benzene rings is 1. The standard InChI is InChI=1S/C11H15BrO3S/c1-3-16(14,15)8(2)11(13)9-4-6-10(12)7-5-9/h4-8,11,13H,3H2,1-2H3/t8-,11-/m1/s1. The van der Waals surface area contributed by atoms with E-state index in [9.17, 15) is 13.5 Å². The average molecular weight is 307 g/mol. The van der Waals surface area contributed by atoms with Crippen LogP contribution >= 0.6 is 15.9 Å². The molecule has 90 valence electrons.